The molecule has 0 fully saturated rings. The van der Waals surface area contributed by atoms with Gasteiger partial charge in [-0.25, -0.2) is 4.98 Å². The first-order valence-electron chi connectivity index (χ1n) is 9.48. The molecule has 6 nitrogen and oxygen atoms in total. The van der Waals surface area contributed by atoms with Crippen LogP contribution in [0.1, 0.15) is 27.0 Å². The number of amides is 1. The van der Waals surface area contributed by atoms with Gasteiger partial charge >= 0.3 is 0 Å². The fourth-order valence-electron chi connectivity index (χ4n) is 3.26. The molecule has 0 radical (unpaired) electrons. The van der Waals surface area contributed by atoms with E-state index in [0.29, 0.717) is 18.1 Å². The van der Waals surface area contributed by atoms with Crippen molar-refractivity contribution in [2.24, 2.45) is 7.05 Å². The Labute approximate surface area is 169 Å². The van der Waals surface area contributed by atoms with Crippen molar-refractivity contribution < 1.29 is 4.79 Å². The minimum atomic E-state index is -0.187. The van der Waals surface area contributed by atoms with Gasteiger partial charge in [0.1, 0.15) is 0 Å². The number of aromatic nitrogens is 4. The first-order chi connectivity index (χ1) is 14.0. The highest BCUT2D eigenvalue weighted by atomic mass is 16.1. The van der Waals surface area contributed by atoms with E-state index in [1.165, 1.54) is 11.1 Å². The van der Waals surface area contributed by atoms with Gasteiger partial charge in [0.15, 0.2) is 0 Å². The molecule has 0 saturated heterocycles. The Morgan fingerprint density at radius 3 is 2.69 bits per heavy atom. The van der Waals surface area contributed by atoms with Gasteiger partial charge in [0.25, 0.3) is 5.91 Å². The highest BCUT2D eigenvalue weighted by Gasteiger charge is 2.13. The summed E-state index contributed by atoms with van der Waals surface area (Å²) in [5.41, 5.74) is 6.10. The van der Waals surface area contributed by atoms with Crippen LogP contribution in [0.25, 0.3) is 11.3 Å². The van der Waals surface area contributed by atoms with Crippen LogP contribution >= 0.6 is 0 Å². The molecule has 0 saturated carbocycles. The van der Waals surface area contributed by atoms with Gasteiger partial charge in [0.2, 0.25) is 5.95 Å². The van der Waals surface area contributed by atoms with E-state index in [-0.39, 0.29) is 5.91 Å². The highest BCUT2D eigenvalue weighted by Crippen LogP contribution is 2.24. The number of hydrogen-bond donors (Lipinski definition) is 1. The maximum atomic E-state index is 12.8. The molecule has 1 N–H and O–H groups in total. The van der Waals surface area contributed by atoms with Crippen LogP contribution in [0.5, 0.6) is 0 Å². The van der Waals surface area contributed by atoms with Gasteiger partial charge in [0.05, 0.1) is 18.4 Å². The molecular formula is C23H23N5O. The first kappa shape index (κ1) is 18.7. The summed E-state index contributed by atoms with van der Waals surface area (Å²) in [5, 5.41) is 7.13. The molecule has 4 rings (SSSR count). The molecule has 146 valence electrons. The van der Waals surface area contributed by atoms with Crippen LogP contribution in [0.2, 0.25) is 0 Å². The molecule has 2 aromatic heterocycles. The summed E-state index contributed by atoms with van der Waals surface area (Å²) in [4.78, 5) is 17.2. The number of carbonyl (C=O) groups is 1. The van der Waals surface area contributed by atoms with Crippen LogP contribution in [-0.2, 0) is 13.6 Å². The van der Waals surface area contributed by atoms with Crippen molar-refractivity contribution in [3.8, 4) is 11.3 Å². The summed E-state index contributed by atoms with van der Waals surface area (Å²) >= 11 is 0. The van der Waals surface area contributed by atoms with Crippen LogP contribution in [0.15, 0.2) is 67.1 Å². The molecule has 0 aliphatic carbocycles. The SMILES string of the molecule is Cc1ccc(-c2cnc(NC(=O)c3cccc(Cn4cccn4)c3)n2C)cc1C. The Morgan fingerprint density at radius 1 is 1.07 bits per heavy atom. The lowest BCUT2D eigenvalue weighted by atomic mass is 10.0. The highest BCUT2D eigenvalue weighted by molar-refractivity contribution is 6.03. The lowest BCUT2D eigenvalue weighted by molar-refractivity contribution is 0.102. The van der Waals surface area contributed by atoms with Crippen molar-refractivity contribution in [3.63, 3.8) is 0 Å². The molecule has 0 aliphatic heterocycles. The van der Waals surface area contributed by atoms with E-state index < -0.39 is 0 Å². The van der Waals surface area contributed by atoms with E-state index in [1.54, 1.807) is 18.5 Å². The Morgan fingerprint density at radius 2 is 1.93 bits per heavy atom. The number of hydrogen-bond acceptors (Lipinski definition) is 3. The first-order valence-corrected chi connectivity index (χ1v) is 9.48. The van der Waals surface area contributed by atoms with E-state index in [9.17, 15) is 4.79 Å². The second-order valence-corrected chi connectivity index (χ2v) is 7.18. The van der Waals surface area contributed by atoms with Gasteiger partial charge in [-0.2, -0.15) is 5.10 Å². The Hall–Kier alpha value is -3.67. The summed E-state index contributed by atoms with van der Waals surface area (Å²) in [7, 11) is 1.90. The maximum Gasteiger partial charge on any atom is 0.257 e. The van der Waals surface area contributed by atoms with Crippen LogP contribution < -0.4 is 5.32 Å². The van der Waals surface area contributed by atoms with E-state index in [1.807, 2.05) is 46.8 Å². The van der Waals surface area contributed by atoms with Crippen LogP contribution in [-0.4, -0.2) is 25.2 Å². The van der Waals surface area contributed by atoms with Crippen LogP contribution in [0.3, 0.4) is 0 Å². The minimum absolute atomic E-state index is 0.187. The summed E-state index contributed by atoms with van der Waals surface area (Å²) in [5.74, 6) is 0.327. The van der Waals surface area contributed by atoms with Gasteiger partial charge < -0.3 is 4.57 Å². The maximum absolute atomic E-state index is 12.8. The van der Waals surface area contributed by atoms with Gasteiger partial charge in [-0.3, -0.25) is 14.8 Å². The van der Waals surface area contributed by atoms with Gasteiger partial charge in [-0.05, 0) is 54.8 Å². The molecule has 0 atom stereocenters. The minimum Gasteiger partial charge on any atom is -0.313 e. The number of anilines is 1. The molecule has 6 heteroatoms. The zero-order valence-corrected chi connectivity index (χ0v) is 16.8. The average molecular weight is 385 g/mol. The fraction of sp³-hybridized carbons (Fsp3) is 0.174. The average Bonchev–Trinajstić information content (AvgIpc) is 3.35. The van der Waals surface area contributed by atoms with E-state index in [2.05, 4.69) is 47.4 Å². The van der Waals surface area contributed by atoms with Crippen molar-refractivity contribution in [1.82, 2.24) is 19.3 Å². The van der Waals surface area contributed by atoms with Gasteiger partial charge in [-0.1, -0.05) is 24.3 Å². The third-order valence-corrected chi connectivity index (χ3v) is 5.11. The Balaban J connectivity index is 1.53. The summed E-state index contributed by atoms with van der Waals surface area (Å²) < 4.78 is 3.72. The molecule has 2 heterocycles. The van der Waals surface area contributed by atoms with Crippen molar-refractivity contribution in [2.45, 2.75) is 20.4 Å². The zero-order valence-electron chi connectivity index (χ0n) is 16.8. The zero-order chi connectivity index (χ0) is 20.4. The topological polar surface area (TPSA) is 64.7 Å². The molecule has 4 aromatic rings. The molecular weight excluding hydrogens is 362 g/mol. The molecule has 0 spiro atoms. The van der Waals surface area contributed by atoms with E-state index >= 15 is 0 Å². The summed E-state index contributed by atoms with van der Waals surface area (Å²) in [6, 6.07) is 15.7. The third kappa shape index (κ3) is 3.96. The number of nitrogens with one attached hydrogen (secondary N) is 1. The predicted molar refractivity (Wildman–Crippen MR) is 114 cm³/mol. The summed E-state index contributed by atoms with van der Waals surface area (Å²) in [6.07, 6.45) is 5.42. The number of nitrogens with zero attached hydrogens (tertiary/aromatic N) is 4. The lowest BCUT2D eigenvalue weighted by Crippen LogP contribution is -2.15. The quantitative estimate of drug-likeness (QED) is 0.560. The van der Waals surface area contributed by atoms with Crippen molar-refractivity contribution in [1.29, 1.82) is 0 Å². The fourth-order valence-corrected chi connectivity index (χ4v) is 3.26. The normalized spacial score (nSPS) is 10.9. The van der Waals surface area contributed by atoms with Gasteiger partial charge in [0, 0.05) is 30.6 Å². The summed E-state index contributed by atoms with van der Waals surface area (Å²) in [6.45, 7) is 4.80. The number of benzene rings is 2. The van der Waals surface area contributed by atoms with Crippen LogP contribution in [0.4, 0.5) is 5.95 Å². The molecule has 0 unspecified atom stereocenters. The van der Waals surface area contributed by atoms with Crippen molar-refractivity contribution in [2.75, 3.05) is 5.32 Å². The number of aryl methyl sites for hydroxylation is 2. The standard InChI is InChI=1S/C23H23N5O/c1-16-8-9-19(12-17(16)2)21-14-24-23(27(21)3)26-22(29)20-7-4-6-18(13-20)15-28-11-5-10-25-28/h4-14H,15H2,1-3H3,(H,24,26,29). The molecule has 1 amide bonds. The second-order valence-electron chi connectivity index (χ2n) is 7.18. The van der Waals surface area contributed by atoms with Crippen LogP contribution in [0, 0.1) is 13.8 Å². The van der Waals surface area contributed by atoms with Gasteiger partial charge in [-0.15, -0.1) is 0 Å². The molecule has 0 bridgehead atoms. The lowest BCUT2D eigenvalue weighted by Gasteiger charge is -2.10. The molecule has 0 aliphatic rings. The third-order valence-electron chi connectivity index (χ3n) is 5.11. The number of rotatable bonds is 5. The van der Waals surface area contributed by atoms with E-state index in [0.717, 1.165) is 16.8 Å². The van der Waals surface area contributed by atoms with Crippen molar-refractivity contribution in [3.05, 3.63) is 89.4 Å². The number of imidazole rings is 1. The molecule has 2 aromatic carbocycles. The largest absolute Gasteiger partial charge is 0.313 e. The van der Waals surface area contributed by atoms with E-state index in [4.69, 9.17) is 0 Å². The smallest absolute Gasteiger partial charge is 0.257 e. The molecule has 29 heavy (non-hydrogen) atoms. The second kappa shape index (κ2) is 7.75. The Bertz CT molecular complexity index is 1160. The predicted octanol–water partition coefficient (Wildman–Crippen LogP) is 4.20. The van der Waals surface area contributed by atoms with Crippen molar-refractivity contribution >= 4 is 11.9 Å². The number of carbonyl (C=O) groups excluding carboxylic acids is 1. The monoisotopic (exact) mass is 385 g/mol. The Kier molecular flexibility index (Phi) is 4.99.